The summed E-state index contributed by atoms with van der Waals surface area (Å²) in [5, 5.41) is 6.90. The number of nitrogens with one attached hydrogen (secondary N) is 1. The van der Waals surface area contributed by atoms with Crippen LogP contribution in [0.2, 0.25) is 0 Å². The molecule has 1 aromatic rings. The van der Waals surface area contributed by atoms with E-state index in [4.69, 9.17) is 10.5 Å². The fourth-order valence-electron chi connectivity index (χ4n) is 2.75. The van der Waals surface area contributed by atoms with Gasteiger partial charge in [-0.15, -0.1) is 0 Å². The lowest BCUT2D eigenvalue weighted by atomic mass is 9.72. The van der Waals surface area contributed by atoms with Crippen LogP contribution in [0, 0.1) is 5.92 Å². The molecule has 98 valence electrons. The molecule has 2 heterocycles. The lowest BCUT2D eigenvalue weighted by molar-refractivity contribution is -0.125. The van der Waals surface area contributed by atoms with Gasteiger partial charge in [0.15, 0.2) is 0 Å². The third kappa shape index (κ3) is 1.99. The average Bonchev–Trinajstić information content (AvgIpc) is 3.02. The first-order chi connectivity index (χ1) is 8.75. The second kappa shape index (κ2) is 4.66. The van der Waals surface area contributed by atoms with E-state index >= 15 is 0 Å². The molecule has 0 bridgehead atoms. The van der Waals surface area contributed by atoms with Gasteiger partial charge in [-0.3, -0.25) is 9.48 Å². The van der Waals surface area contributed by atoms with Crippen LogP contribution in [0.25, 0.3) is 0 Å². The molecule has 1 aromatic heterocycles. The Balaban J connectivity index is 1.46. The topological polar surface area (TPSA) is 95.1 Å². The summed E-state index contributed by atoms with van der Waals surface area (Å²) in [7, 11) is 0. The van der Waals surface area contributed by atoms with Crippen molar-refractivity contribution >= 4 is 5.91 Å². The SMILES string of the molecule is NC1C2CCOC2C1NC(=O)CCn1cncn1. The van der Waals surface area contributed by atoms with Crippen molar-refractivity contribution in [1.29, 1.82) is 0 Å². The van der Waals surface area contributed by atoms with Crippen molar-refractivity contribution in [2.24, 2.45) is 11.7 Å². The molecule has 1 saturated heterocycles. The Hall–Kier alpha value is -1.47. The van der Waals surface area contributed by atoms with Gasteiger partial charge in [0.05, 0.1) is 18.7 Å². The number of nitrogens with two attached hydrogens (primary N) is 1. The molecule has 4 unspecified atom stereocenters. The van der Waals surface area contributed by atoms with E-state index in [2.05, 4.69) is 15.4 Å². The number of rotatable bonds is 4. The Kier molecular flexibility index (Phi) is 3.00. The van der Waals surface area contributed by atoms with Crippen molar-refractivity contribution in [3.63, 3.8) is 0 Å². The molecule has 0 spiro atoms. The van der Waals surface area contributed by atoms with E-state index in [1.807, 2.05) is 0 Å². The van der Waals surface area contributed by atoms with Crippen LogP contribution < -0.4 is 11.1 Å². The van der Waals surface area contributed by atoms with Crippen LogP contribution in [0.15, 0.2) is 12.7 Å². The molecule has 7 heteroatoms. The van der Waals surface area contributed by atoms with Crippen LogP contribution in [0.4, 0.5) is 0 Å². The van der Waals surface area contributed by atoms with Gasteiger partial charge < -0.3 is 15.8 Å². The second-order valence-corrected chi connectivity index (χ2v) is 4.87. The van der Waals surface area contributed by atoms with Gasteiger partial charge in [-0.25, -0.2) is 4.98 Å². The standard InChI is InChI=1S/C11H17N5O2/c12-9-7-2-4-18-11(7)10(9)15-8(17)1-3-16-6-13-5-14-16/h5-7,9-11H,1-4,12H2,(H,15,17). The second-order valence-electron chi connectivity index (χ2n) is 4.87. The average molecular weight is 251 g/mol. The Morgan fingerprint density at radius 3 is 3.28 bits per heavy atom. The monoisotopic (exact) mass is 251 g/mol. The summed E-state index contributed by atoms with van der Waals surface area (Å²) in [6.07, 6.45) is 4.56. The van der Waals surface area contributed by atoms with Gasteiger partial charge >= 0.3 is 0 Å². The number of nitrogens with zero attached hydrogens (tertiary/aromatic N) is 3. The molecule has 3 N–H and O–H groups in total. The molecule has 1 aliphatic carbocycles. The van der Waals surface area contributed by atoms with Crippen LogP contribution in [-0.2, 0) is 16.1 Å². The molecule has 0 radical (unpaired) electrons. The maximum atomic E-state index is 11.8. The highest BCUT2D eigenvalue weighted by atomic mass is 16.5. The Bertz CT molecular complexity index is 421. The zero-order valence-corrected chi connectivity index (χ0v) is 10.0. The van der Waals surface area contributed by atoms with E-state index in [0.717, 1.165) is 13.0 Å². The van der Waals surface area contributed by atoms with Crippen molar-refractivity contribution in [2.75, 3.05) is 6.61 Å². The quantitative estimate of drug-likeness (QED) is 0.708. The van der Waals surface area contributed by atoms with E-state index in [0.29, 0.717) is 18.9 Å². The molecule has 7 nitrogen and oxygen atoms in total. The summed E-state index contributed by atoms with van der Waals surface area (Å²) in [6, 6.07) is 0.00793. The zero-order chi connectivity index (χ0) is 12.5. The molecule has 1 amide bonds. The molecule has 18 heavy (non-hydrogen) atoms. The minimum atomic E-state index is -0.0271. The molecule has 2 aliphatic rings. The van der Waals surface area contributed by atoms with Crippen LogP contribution in [0.1, 0.15) is 12.8 Å². The highest BCUT2D eigenvalue weighted by Crippen LogP contribution is 2.37. The number of carbonyl (C=O) groups is 1. The summed E-state index contributed by atoms with van der Waals surface area (Å²) in [5.74, 6) is 0.408. The summed E-state index contributed by atoms with van der Waals surface area (Å²) in [6.45, 7) is 1.29. The van der Waals surface area contributed by atoms with E-state index in [-0.39, 0.29) is 24.1 Å². The number of carbonyl (C=O) groups excluding carboxylic acids is 1. The fraction of sp³-hybridized carbons (Fsp3) is 0.727. The van der Waals surface area contributed by atoms with Gasteiger partial charge in [-0.1, -0.05) is 0 Å². The Labute approximate surface area is 105 Å². The fourth-order valence-corrected chi connectivity index (χ4v) is 2.75. The van der Waals surface area contributed by atoms with Crippen molar-refractivity contribution in [3.05, 3.63) is 12.7 Å². The van der Waals surface area contributed by atoms with Gasteiger partial charge in [0.1, 0.15) is 12.7 Å². The van der Waals surface area contributed by atoms with E-state index in [9.17, 15) is 4.79 Å². The molecular formula is C11H17N5O2. The number of hydrogen-bond donors (Lipinski definition) is 2. The number of aromatic nitrogens is 3. The molecule has 0 aromatic carbocycles. The molecule has 3 rings (SSSR count). The number of hydrogen-bond acceptors (Lipinski definition) is 5. The van der Waals surface area contributed by atoms with Crippen LogP contribution in [0.3, 0.4) is 0 Å². The lowest BCUT2D eigenvalue weighted by Crippen LogP contribution is -2.69. The van der Waals surface area contributed by atoms with Crippen molar-refractivity contribution < 1.29 is 9.53 Å². The largest absolute Gasteiger partial charge is 0.376 e. The van der Waals surface area contributed by atoms with E-state index < -0.39 is 0 Å². The summed E-state index contributed by atoms with van der Waals surface area (Å²) in [4.78, 5) is 15.6. The molecule has 2 fully saturated rings. The van der Waals surface area contributed by atoms with Gasteiger partial charge in [0.2, 0.25) is 5.91 Å². The van der Waals surface area contributed by atoms with Crippen molar-refractivity contribution in [1.82, 2.24) is 20.1 Å². The normalized spacial score (nSPS) is 33.8. The molecule has 1 aliphatic heterocycles. The maximum absolute atomic E-state index is 11.8. The highest BCUT2D eigenvalue weighted by molar-refractivity contribution is 5.76. The maximum Gasteiger partial charge on any atom is 0.222 e. The van der Waals surface area contributed by atoms with E-state index in [1.54, 1.807) is 11.0 Å². The third-order valence-corrected chi connectivity index (χ3v) is 3.81. The highest BCUT2D eigenvalue weighted by Gasteiger charge is 2.52. The first-order valence-electron chi connectivity index (χ1n) is 6.24. The van der Waals surface area contributed by atoms with Gasteiger partial charge in [-0.2, -0.15) is 5.10 Å². The van der Waals surface area contributed by atoms with Crippen LogP contribution in [0.5, 0.6) is 0 Å². The first kappa shape index (κ1) is 11.6. The number of aryl methyl sites for hydroxylation is 1. The molecule has 1 saturated carbocycles. The minimum absolute atomic E-state index is 0.0140. The van der Waals surface area contributed by atoms with Gasteiger partial charge in [0.25, 0.3) is 0 Å². The third-order valence-electron chi connectivity index (χ3n) is 3.81. The smallest absolute Gasteiger partial charge is 0.222 e. The van der Waals surface area contributed by atoms with E-state index in [1.165, 1.54) is 6.33 Å². The van der Waals surface area contributed by atoms with Crippen molar-refractivity contribution in [2.45, 2.75) is 37.6 Å². The Morgan fingerprint density at radius 1 is 1.61 bits per heavy atom. The lowest BCUT2D eigenvalue weighted by Gasteiger charge is -2.45. The summed E-state index contributed by atoms with van der Waals surface area (Å²) in [5.41, 5.74) is 6.02. The number of amides is 1. The number of fused-ring (bicyclic) bond motifs is 1. The molecular weight excluding hydrogens is 234 g/mol. The molecule has 4 atom stereocenters. The summed E-state index contributed by atoms with van der Waals surface area (Å²) < 4.78 is 7.20. The first-order valence-corrected chi connectivity index (χ1v) is 6.24. The van der Waals surface area contributed by atoms with Crippen molar-refractivity contribution in [3.8, 4) is 0 Å². The van der Waals surface area contributed by atoms with Crippen LogP contribution in [-0.4, -0.2) is 45.5 Å². The number of ether oxygens (including phenoxy) is 1. The summed E-state index contributed by atoms with van der Waals surface area (Å²) >= 11 is 0. The van der Waals surface area contributed by atoms with Gasteiger partial charge in [0, 0.05) is 25.0 Å². The predicted octanol–water partition coefficient (Wildman–Crippen LogP) is -1.10. The van der Waals surface area contributed by atoms with Gasteiger partial charge in [-0.05, 0) is 6.42 Å². The Morgan fingerprint density at radius 2 is 2.50 bits per heavy atom. The minimum Gasteiger partial charge on any atom is -0.376 e. The zero-order valence-electron chi connectivity index (χ0n) is 10.0. The van der Waals surface area contributed by atoms with Crippen LogP contribution >= 0.6 is 0 Å². The predicted molar refractivity (Wildman–Crippen MR) is 62.4 cm³/mol.